The molecule has 2 rings (SSSR count). The zero-order valence-electron chi connectivity index (χ0n) is 11.8. The normalized spacial score (nSPS) is 12.7. The van der Waals surface area contributed by atoms with Gasteiger partial charge >= 0.3 is 0 Å². The van der Waals surface area contributed by atoms with Crippen LogP contribution in [0.15, 0.2) is 22.7 Å². The van der Waals surface area contributed by atoms with Gasteiger partial charge in [-0.05, 0) is 40.0 Å². The highest BCUT2D eigenvalue weighted by Gasteiger charge is 2.19. The van der Waals surface area contributed by atoms with Crippen LogP contribution in [-0.4, -0.2) is 9.78 Å². The zero-order chi connectivity index (χ0) is 15.6. The van der Waals surface area contributed by atoms with Crippen LogP contribution in [-0.2, 0) is 19.9 Å². The third kappa shape index (κ3) is 3.60. The molecule has 0 spiro atoms. The minimum atomic E-state index is -0.0896. The molecule has 0 bridgehead atoms. The Kier molecular flexibility index (Phi) is 5.68. The monoisotopic (exact) mass is 390 g/mol. The van der Waals surface area contributed by atoms with Gasteiger partial charge < -0.3 is 0 Å². The first-order valence-electron chi connectivity index (χ1n) is 6.59. The summed E-state index contributed by atoms with van der Waals surface area (Å²) in [6.07, 6.45) is 1.44. The summed E-state index contributed by atoms with van der Waals surface area (Å²) in [5.41, 5.74) is 5.68. The Morgan fingerprint density at radius 2 is 2.14 bits per heavy atom. The van der Waals surface area contributed by atoms with Gasteiger partial charge in [0.25, 0.3) is 0 Å². The fourth-order valence-electron chi connectivity index (χ4n) is 2.24. The molecule has 1 atom stereocenters. The summed E-state index contributed by atoms with van der Waals surface area (Å²) in [6.45, 7) is 2.03. The van der Waals surface area contributed by atoms with Crippen LogP contribution in [0.5, 0.6) is 0 Å². The topological polar surface area (TPSA) is 55.9 Å². The molecule has 21 heavy (non-hydrogen) atoms. The minimum Gasteiger partial charge on any atom is -0.271 e. The second-order valence-electron chi connectivity index (χ2n) is 4.78. The summed E-state index contributed by atoms with van der Waals surface area (Å²) in [4.78, 5) is 0. The quantitative estimate of drug-likeness (QED) is 0.602. The summed E-state index contributed by atoms with van der Waals surface area (Å²) >= 11 is 15.9. The molecule has 1 aromatic heterocycles. The second-order valence-corrected chi connectivity index (χ2v) is 6.42. The van der Waals surface area contributed by atoms with Crippen LogP contribution < -0.4 is 11.3 Å². The lowest BCUT2D eigenvalue weighted by Crippen LogP contribution is -2.30. The van der Waals surface area contributed by atoms with E-state index >= 15 is 0 Å². The molecule has 0 aliphatic rings. The van der Waals surface area contributed by atoms with Crippen molar-refractivity contribution in [3.63, 3.8) is 0 Å². The molecule has 7 heteroatoms. The highest BCUT2D eigenvalue weighted by atomic mass is 79.9. The smallest absolute Gasteiger partial charge is 0.0850 e. The van der Waals surface area contributed by atoms with Crippen LogP contribution in [0.4, 0.5) is 0 Å². The van der Waals surface area contributed by atoms with Crippen LogP contribution in [0.3, 0.4) is 0 Å². The minimum absolute atomic E-state index is 0.0896. The van der Waals surface area contributed by atoms with Gasteiger partial charge in [0.2, 0.25) is 0 Å². The molecular formula is C14H17BrCl2N4. The molecule has 1 aromatic carbocycles. The Morgan fingerprint density at radius 1 is 1.43 bits per heavy atom. The van der Waals surface area contributed by atoms with Crippen molar-refractivity contribution in [1.82, 2.24) is 15.2 Å². The average Bonchev–Trinajstić information content (AvgIpc) is 2.74. The van der Waals surface area contributed by atoms with Crippen molar-refractivity contribution in [2.75, 3.05) is 0 Å². The fraction of sp³-hybridized carbons (Fsp3) is 0.357. The van der Waals surface area contributed by atoms with Crippen LogP contribution in [0.2, 0.25) is 10.0 Å². The third-order valence-corrected chi connectivity index (χ3v) is 5.12. The van der Waals surface area contributed by atoms with E-state index in [9.17, 15) is 0 Å². The van der Waals surface area contributed by atoms with E-state index in [1.807, 2.05) is 36.9 Å². The van der Waals surface area contributed by atoms with Gasteiger partial charge in [-0.2, -0.15) is 5.10 Å². The highest BCUT2D eigenvalue weighted by Crippen LogP contribution is 2.29. The molecule has 0 radical (unpaired) electrons. The predicted molar refractivity (Wildman–Crippen MR) is 90.5 cm³/mol. The summed E-state index contributed by atoms with van der Waals surface area (Å²) < 4.78 is 2.67. The predicted octanol–water partition coefficient (Wildman–Crippen LogP) is 3.80. The molecule has 4 nitrogen and oxygen atoms in total. The van der Waals surface area contributed by atoms with Gasteiger partial charge in [-0.1, -0.05) is 36.2 Å². The Labute approximate surface area is 142 Å². The number of nitrogens with one attached hydrogen (secondary N) is 1. The highest BCUT2D eigenvalue weighted by molar-refractivity contribution is 9.10. The van der Waals surface area contributed by atoms with E-state index in [0.717, 1.165) is 27.8 Å². The molecule has 0 saturated carbocycles. The van der Waals surface area contributed by atoms with Crippen LogP contribution in [0.25, 0.3) is 0 Å². The molecule has 0 aliphatic heterocycles. The number of nitrogens with two attached hydrogens (primary N) is 1. The maximum atomic E-state index is 6.39. The molecular weight excluding hydrogens is 375 g/mol. The summed E-state index contributed by atoms with van der Waals surface area (Å²) in [5, 5.41) is 5.79. The number of halogens is 3. The van der Waals surface area contributed by atoms with Crippen molar-refractivity contribution in [1.29, 1.82) is 0 Å². The van der Waals surface area contributed by atoms with Crippen molar-refractivity contribution in [2.45, 2.75) is 25.8 Å². The van der Waals surface area contributed by atoms with Gasteiger partial charge in [0.05, 0.1) is 27.5 Å². The Hall–Kier alpha value is -0.590. The van der Waals surface area contributed by atoms with Gasteiger partial charge in [0, 0.05) is 17.9 Å². The number of nitrogens with zero attached hydrogens (tertiary/aromatic N) is 2. The molecule has 1 heterocycles. The second kappa shape index (κ2) is 7.11. The number of hydrogen-bond donors (Lipinski definition) is 2. The summed E-state index contributed by atoms with van der Waals surface area (Å²) in [5.74, 6) is 5.70. The molecule has 2 aromatic rings. The van der Waals surface area contributed by atoms with Gasteiger partial charge in [-0.3, -0.25) is 16.0 Å². The zero-order valence-corrected chi connectivity index (χ0v) is 14.9. The number of aryl methyl sites for hydroxylation is 2. The largest absolute Gasteiger partial charge is 0.271 e. The summed E-state index contributed by atoms with van der Waals surface area (Å²) in [6, 6.07) is 5.69. The SMILES string of the molecule is CCc1nn(C)c(CC(NN)c2ccc(Br)c(Cl)c2)c1Cl. The Morgan fingerprint density at radius 3 is 2.67 bits per heavy atom. The molecule has 3 N–H and O–H groups in total. The average molecular weight is 392 g/mol. The van der Waals surface area contributed by atoms with E-state index in [0.29, 0.717) is 16.5 Å². The van der Waals surface area contributed by atoms with E-state index in [2.05, 4.69) is 26.5 Å². The van der Waals surface area contributed by atoms with E-state index < -0.39 is 0 Å². The van der Waals surface area contributed by atoms with Crippen LogP contribution >= 0.6 is 39.1 Å². The number of benzene rings is 1. The van der Waals surface area contributed by atoms with E-state index in [-0.39, 0.29) is 6.04 Å². The molecule has 0 amide bonds. The Bertz CT molecular complexity index is 642. The maximum absolute atomic E-state index is 6.39. The van der Waals surface area contributed by atoms with E-state index in [4.69, 9.17) is 29.0 Å². The molecule has 1 unspecified atom stereocenters. The Balaban J connectivity index is 2.31. The van der Waals surface area contributed by atoms with Crippen molar-refractivity contribution in [3.05, 3.63) is 49.7 Å². The number of aromatic nitrogens is 2. The molecule has 0 saturated heterocycles. The van der Waals surface area contributed by atoms with Gasteiger partial charge in [0.15, 0.2) is 0 Å². The number of rotatable bonds is 5. The first kappa shape index (κ1) is 16.8. The van der Waals surface area contributed by atoms with E-state index in [1.165, 1.54) is 0 Å². The fourth-order valence-corrected chi connectivity index (χ4v) is 3.04. The molecule has 0 fully saturated rings. The van der Waals surface area contributed by atoms with Gasteiger partial charge in [-0.15, -0.1) is 0 Å². The number of hydrogen-bond acceptors (Lipinski definition) is 3. The lowest BCUT2D eigenvalue weighted by molar-refractivity contribution is 0.530. The number of hydrazine groups is 1. The van der Waals surface area contributed by atoms with Crippen molar-refractivity contribution < 1.29 is 0 Å². The third-order valence-electron chi connectivity index (χ3n) is 3.45. The molecule has 0 aliphatic carbocycles. The molecule has 114 valence electrons. The standard InChI is InChI=1S/C14H17BrCl2N4/c1-3-11-14(17)13(21(2)20-11)7-12(19-18)8-4-5-9(15)10(16)6-8/h4-6,12,19H,3,7,18H2,1-2H3. The van der Waals surface area contributed by atoms with E-state index in [1.54, 1.807) is 0 Å². The van der Waals surface area contributed by atoms with Crippen molar-refractivity contribution >= 4 is 39.1 Å². The van der Waals surface area contributed by atoms with Gasteiger partial charge in [-0.25, -0.2) is 0 Å². The van der Waals surface area contributed by atoms with Crippen LogP contribution in [0.1, 0.15) is 29.9 Å². The van der Waals surface area contributed by atoms with Gasteiger partial charge in [0.1, 0.15) is 0 Å². The maximum Gasteiger partial charge on any atom is 0.0850 e. The first-order chi connectivity index (χ1) is 9.97. The first-order valence-corrected chi connectivity index (χ1v) is 8.14. The van der Waals surface area contributed by atoms with Crippen LogP contribution in [0, 0.1) is 0 Å². The van der Waals surface area contributed by atoms with Crippen molar-refractivity contribution in [3.8, 4) is 0 Å². The van der Waals surface area contributed by atoms with Crippen molar-refractivity contribution in [2.24, 2.45) is 12.9 Å². The lowest BCUT2D eigenvalue weighted by Gasteiger charge is -2.17. The summed E-state index contributed by atoms with van der Waals surface area (Å²) in [7, 11) is 1.89. The lowest BCUT2D eigenvalue weighted by atomic mass is 10.0.